The molecular weight excluding hydrogens is 789 g/mol. The SMILES string of the molecule is c1cc(-c2oc(-c3cccc4ccccc34)c(-c3cccc4ccccc34)c2-c2cccc3ccccc23)cc(-c2ccc(-c3ccc4ccc5cccnc5c4n3)c3ccccc23)c1. The zero-order valence-electron chi connectivity index (χ0n) is 35.2. The first-order valence-electron chi connectivity index (χ1n) is 22.1. The molecule has 65 heavy (non-hydrogen) atoms. The average Bonchev–Trinajstić information content (AvgIpc) is 3.77. The van der Waals surface area contributed by atoms with Crippen LogP contribution in [0.1, 0.15) is 0 Å². The third-order valence-corrected chi connectivity index (χ3v) is 13.1. The molecule has 0 saturated heterocycles. The number of rotatable bonds is 6. The van der Waals surface area contributed by atoms with Crippen molar-refractivity contribution in [2.45, 2.75) is 0 Å². The van der Waals surface area contributed by atoms with Crippen LogP contribution in [0.4, 0.5) is 0 Å². The van der Waals surface area contributed by atoms with Gasteiger partial charge in [0.15, 0.2) is 0 Å². The maximum Gasteiger partial charge on any atom is 0.143 e. The number of furan rings is 1. The zero-order valence-corrected chi connectivity index (χ0v) is 35.2. The molecular formula is C62H38N2O. The Kier molecular flexibility index (Phi) is 8.53. The van der Waals surface area contributed by atoms with Crippen molar-refractivity contribution in [1.29, 1.82) is 0 Å². The highest BCUT2D eigenvalue weighted by atomic mass is 16.3. The van der Waals surface area contributed by atoms with Crippen molar-refractivity contribution in [3.05, 3.63) is 231 Å². The second kappa shape index (κ2) is 15.0. The summed E-state index contributed by atoms with van der Waals surface area (Å²) in [5, 5.41) is 11.5. The molecule has 10 aromatic carbocycles. The van der Waals surface area contributed by atoms with E-state index in [1.807, 2.05) is 12.3 Å². The molecule has 13 rings (SSSR count). The normalized spacial score (nSPS) is 11.7. The molecule has 0 radical (unpaired) electrons. The molecule has 0 aliphatic heterocycles. The van der Waals surface area contributed by atoms with E-state index >= 15 is 0 Å². The molecule has 0 bridgehead atoms. The van der Waals surface area contributed by atoms with Crippen LogP contribution in [0.3, 0.4) is 0 Å². The van der Waals surface area contributed by atoms with Crippen LogP contribution >= 0.6 is 0 Å². The van der Waals surface area contributed by atoms with Crippen LogP contribution in [0.5, 0.6) is 0 Å². The number of hydrogen-bond donors (Lipinski definition) is 0. The van der Waals surface area contributed by atoms with Crippen molar-refractivity contribution in [2.24, 2.45) is 0 Å². The van der Waals surface area contributed by atoms with E-state index in [-0.39, 0.29) is 0 Å². The Balaban J connectivity index is 1.06. The second-order valence-electron chi connectivity index (χ2n) is 16.8. The number of fused-ring (bicyclic) bond motifs is 7. The lowest BCUT2D eigenvalue weighted by atomic mass is 9.86. The molecule has 0 spiro atoms. The number of benzene rings is 10. The largest absolute Gasteiger partial charge is 0.455 e. The number of nitrogens with zero attached hydrogens (tertiary/aromatic N) is 2. The monoisotopic (exact) mass is 826 g/mol. The fraction of sp³-hybridized carbons (Fsp3) is 0. The molecule has 0 aliphatic rings. The highest BCUT2D eigenvalue weighted by Gasteiger charge is 2.28. The Labute approximate surface area is 375 Å². The van der Waals surface area contributed by atoms with Crippen LogP contribution in [0.15, 0.2) is 235 Å². The van der Waals surface area contributed by atoms with Gasteiger partial charge in [-0.3, -0.25) is 4.98 Å². The van der Waals surface area contributed by atoms with Gasteiger partial charge in [-0.15, -0.1) is 0 Å². The third-order valence-electron chi connectivity index (χ3n) is 13.1. The Hall–Kier alpha value is -8.66. The first-order chi connectivity index (χ1) is 32.2. The number of pyridine rings is 2. The Bertz CT molecular complexity index is 4010. The van der Waals surface area contributed by atoms with Gasteiger partial charge in [-0.25, -0.2) is 4.98 Å². The minimum Gasteiger partial charge on any atom is -0.455 e. The summed E-state index contributed by atoms with van der Waals surface area (Å²) >= 11 is 0. The first kappa shape index (κ1) is 36.9. The Morgan fingerprint density at radius 1 is 0.292 bits per heavy atom. The minimum atomic E-state index is 0.830. The molecule has 3 nitrogen and oxygen atoms in total. The summed E-state index contributed by atoms with van der Waals surface area (Å²) < 4.78 is 7.54. The van der Waals surface area contributed by atoms with Gasteiger partial charge in [0, 0.05) is 44.8 Å². The summed E-state index contributed by atoms with van der Waals surface area (Å²) in [6.45, 7) is 0. The fourth-order valence-corrected chi connectivity index (χ4v) is 10.1. The van der Waals surface area contributed by atoms with Crippen LogP contribution in [-0.2, 0) is 0 Å². The molecule has 3 heterocycles. The van der Waals surface area contributed by atoms with Gasteiger partial charge >= 0.3 is 0 Å². The molecule has 0 atom stereocenters. The van der Waals surface area contributed by atoms with Crippen LogP contribution < -0.4 is 0 Å². The maximum absolute atomic E-state index is 7.54. The number of aromatic nitrogens is 2. The van der Waals surface area contributed by atoms with Gasteiger partial charge in [0.05, 0.1) is 16.7 Å². The van der Waals surface area contributed by atoms with Gasteiger partial charge in [-0.2, -0.15) is 0 Å². The molecule has 0 N–H and O–H groups in total. The maximum atomic E-state index is 7.54. The van der Waals surface area contributed by atoms with E-state index in [4.69, 9.17) is 14.4 Å². The lowest BCUT2D eigenvalue weighted by Crippen LogP contribution is -1.91. The predicted molar refractivity (Wildman–Crippen MR) is 272 cm³/mol. The van der Waals surface area contributed by atoms with Crippen LogP contribution in [0, 0.1) is 0 Å². The van der Waals surface area contributed by atoms with Gasteiger partial charge in [-0.05, 0) is 83.5 Å². The van der Waals surface area contributed by atoms with Gasteiger partial charge in [0.25, 0.3) is 0 Å². The Morgan fingerprint density at radius 2 is 0.769 bits per heavy atom. The molecule has 0 unspecified atom stereocenters. The molecule has 13 aromatic rings. The highest BCUT2D eigenvalue weighted by Crippen LogP contribution is 2.52. The lowest BCUT2D eigenvalue weighted by molar-refractivity contribution is 0.599. The van der Waals surface area contributed by atoms with Crippen molar-refractivity contribution in [3.8, 4) is 67.3 Å². The van der Waals surface area contributed by atoms with Crippen LogP contribution in [0.2, 0.25) is 0 Å². The molecule has 3 aromatic heterocycles. The standard InChI is InChI=1S/C62H38N2O/c1-4-23-46-39(14-1)17-10-28-53(46)57-58(54-29-11-18-40-15-2-5-24-47(40)54)62(55-30-12-19-41-16-3-6-25-48(41)55)65-61(57)45-21-9-20-44(38-45)49-34-35-52(51-27-8-7-26-50(49)51)56-36-33-43-32-31-42-22-13-37-63-59(42)60(43)64-56/h1-38H. The smallest absolute Gasteiger partial charge is 0.143 e. The molecule has 302 valence electrons. The minimum absolute atomic E-state index is 0.830. The summed E-state index contributed by atoms with van der Waals surface area (Å²) in [5.41, 5.74) is 12.5. The number of hydrogen-bond acceptors (Lipinski definition) is 3. The van der Waals surface area contributed by atoms with Crippen molar-refractivity contribution < 1.29 is 4.42 Å². The van der Waals surface area contributed by atoms with E-state index in [2.05, 4.69) is 218 Å². The van der Waals surface area contributed by atoms with E-state index in [9.17, 15) is 0 Å². The van der Waals surface area contributed by atoms with Gasteiger partial charge < -0.3 is 4.42 Å². The molecule has 0 saturated carbocycles. The average molecular weight is 827 g/mol. The van der Waals surface area contributed by atoms with Gasteiger partial charge in [-0.1, -0.05) is 206 Å². The predicted octanol–water partition coefficient (Wildman–Crippen LogP) is 17.0. The van der Waals surface area contributed by atoms with Crippen molar-refractivity contribution >= 4 is 64.9 Å². The first-order valence-corrected chi connectivity index (χ1v) is 22.1. The molecule has 0 amide bonds. The quantitative estimate of drug-likeness (QED) is 0.157. The van der Waals surface area contributed by atoms with Crippen molar-refractivity contribution in [3.63, 3.8) is 0 Å². The third kappa shape index (κ3) is 6.05. The van der Waals surface area contributed by atoms with Crippen LogP contribution in [0.25, 0.3) is 132 Å². The summed E-state index contributed by atoms with van der Waals surface area (Å²) in [6.07, 6.45) is 1.84. The van der Waals surface area contributed by atoms with E-state index < -0.39 is 0 Å². The molecule has 0 fully saturated rings. The Morgan fingerprint density at radius 3 is 1.45 bits per heavy atom. The van der Waals surface area contributed by atoms with E-state index in [1.165, 1.54) is 26.9 Å². The summed E-state index contributed by atoms with van der Waals surface area (Å²) in [7, 11) is 0. The van der Waals surface area contributed by atoms with Gasteiger partial charge in [0.2, 0.25) is 0 Å². The fourth-order valence-electron chi connectivity index (χ4n) is 10.1. The summed E-state index contributed by atoms with van der Waals surface area (Å²) in [6, 6.07) is 80.4. The van der Waals surface area contributed by atoms with E-state index in [1.54, 1.807) is 0 Å². The highest BCUT2D eigenvalue weighted by molar-refractivity contribution is 6.14. The summed E-state index contributed by atoms with van der Waals surface area (Å²) in [4.78, 5) is 9.99. The van der Waals surface area contributed by atoms with Crippen LogP contribution in [-0.4, -0.2) is 9.97 Å². The summed E-state index contributed by atoms with van der Waals surface area (Å²) in [5.74, 6) is 1.68. The molecule has 3 heteroatoms. The van der Waals surface area contributed by atoms with E-state index in [0.29, 0.717) is 0 Å². The second-order valence-corrected chi connectivity index (χ2v) is 16.8. The lowest BCUT2D eigenvalue weighted by Gasteiger charge is -2.14. The molecule has 0 aliphatic carbocycles. The van der Waals surface area contributed by atoms with Crippen molar-refractivity contribution in [2.75, 3.05) is 0 Å². The van der Waals surface area contributed by atoms with Gasteiger partial charge in [0.1, 0.15) is 11.5 Å². The zero-order chi connectivity index (χ0) is 42.8. The van der Waals surface area contributed by atoms with E-state index in [0.717, 1.165) is 105 Å². The topological polar surface area (TPSA) is 38.9 Å². The van der Waals surface area contributed by atoms with Crippen molar-refractivity contribution in [1.82, 2.24) is 9.97 Å².